The Labute approximate surface area is 378 Å². The number of benzene rings is 10. The van der Waals surface area contributed by atoms with Gasteiger partial charge < -0.3 is 10.2 Å². The molecule has 2 nitrogen and oxygen atoms in total. The van der Waals surface area contributed by atoms with Gasteiger partial charge in [-0.25, -0.2) is 0 Å². The first-order chi connectivity index (χ1) is 31.7. The summed E-state index contributed by atoms with van der Waals surface area (Å²) in [6, 6.07) is 86.2. The summed E-state index contributed by atoms with van der Waals surface area (Å²) in [5.41, 5.74) is 20.4. The maximum absolute atomic E-state index is 3.94. The fourth-order valence-corrected chi connectivity index (χ4v) is 10.7. The fourth-order valence-electron chi connectivity index (χ4n) is 9.58. The minimum Gasteiger partial charge on any atom is -0.355 e. The van der Waals surface area contributed by atoms with Crippen molar-refractivity contribution >= 4 is 78.2 Å². The zero-order chi connectivity index (χ0) is 42.4. The van der Waals surface area contributed by atoms with Crippen molar-refractivity contribution in [2.75, 3.05) is 10.2 Å². The van der Waals surface area contributed by atoms with Crippen molar-refractivity contribution in [1.82, 2.24) is 0 Å². The third-order valence-electron chi connectivity index (χ3n) is 12.7. The van der Waals surface area contributed by atoms with Crippen LogP contribution in [-0.4, -0.2) is 7.28 Å². The van der Waals surface area contributed by atoms with Gasteiger partial charge in [0, 0.05) is 54.2 Å². The Morgan fingerprint density at radius 1 is 0.391 bits per heavy atom. The molecule has 1 N–H and O–H groups in total. The summed E-state index contributed by atoms with van der Waals surface area (Å²) in [5, 5.41) is 6.53. The number of fused-ring (bicyclic) bond motifs is 5. The lowest BCUT2D eigenvalue weighted by molar-refractivity contribution is 1.30. The second-order valence-corrected chi connectivity index (χ2v) is 17.6. The van der Waals surface area contributed by atoms with Gasteiger partial charge in [0.2, 0.25) is 0 Å². The molecular formula is C60H41BN2S. The molecule has 64 heavy (non-hydrogen) atoms. The highest BCUT2D eigenvalue weighted by Gasteiger charge is 2.31. The molecule has 0 radical (unpaired) electrons. The van der Waals surface area contributed by atoms with Crippen LogP contribution in [0.4, 0.5) is 28.4 Å². The van der Waals surface area contributed by atoms with E-state index in [0.717, 1.165) is 24.3 Å². The maximum atomic E-state index is 3.94. The number of nitrogens with one attached hydrogen (secondary N) is 1. The zero-order valence-electron chi connectivity index (χ0n) is 35.1. The van der Waals surface area contributed by atoms with E-state index < -0.39 is 0 Å². The van der Waals surface area contributed by atoms with Crippen molar-refractivity contribution < 1.29 is 0 Å². The smallest absolute Gasteiger partial charge is 0.198 e. The predicted octanol–water partition coefficient (Wildman–Crippen LogP) is 15.3. The van der Waals surface area contributed by atoms with E-state index >= 15 is 0 Å². The highest BCUT2D eigenvalue weighted by Crippen LogP contribution is 2.48. The van der Waals surface area contributed by atoms with Gasteiger partial charge in [-0.05, 0) is 110 Å². The van der Waals surface area contributed by atoms with E-state index in [-0.39, 0.29) is 0 Å². The molecule has 0 bridgehead atoms. The number of hydrogen-bond acceptors (Lipinski definition) is 3. The molecule has 0 fully saturated rings. The lowest BCUT2D eigenvalue weighted by atomic mass is 9.57. The average Bonchev–Trinajstić information content (AvgIpc) is 3.74. The van der Waals surface area contributed by atoms with Gasteiger partial charge >= 0.3 is 0 Å². The first kappa shape index (κ1) is 37.8. The lowest BCUT2D eigenvalue weighted by Crippen LogP contribution is -2.41. The van der Waals surface area contributed by atoms with Crippen LogP contribution in [0.25, 0.3) is 75.8 Å². The topological polar surface area (TPSA) is 15.3 Å². The van der Waals surface area contributed by atoms with E-state index in [1.54, 1.807) is 0 Å². The first-order valence-corrected chi connectivity index (χ1v) is 22.8. The van der Waals surface area contributed by atoms with Crippen LogP contribution in [-0.2, 0) is 0 Å². The highest BCUT2D eigenvalue weighted by molar-refractivity contribution is 7.26. The van der Waals surface area contributed by atoms with E-state index in [4.69, 9.17) is 0 Å². The summed E-state index contributed by atoms with van der Waals surface area (Å²) < 4.78 is 2.56. The van der Waals surface area contributed by atoms with Crippen molar-refractivity contribution in [3.8, 4) is 55.6 Å². The van der Waals surface area contributed by atoms with Gasteiger partial charge in [-0.3, -0.25) is 0 Å². The molecule has 0 aliphatic carbocycles. The Hall–Kier alpha value is -7.92. The normalized spacial score (nSPS) is 11.8. The molecule has 0 amide bonds. The molecule has 1 aliphatic heterocycles. The minimum atomic E-state index is 0.778. The Balaban J connectivity index is 1.11. The highest BCUT2D eigenvalue weighted by atomic mass is 32.1. The molecule has 11 aromatic rings. The molecule has 0 atom stereocenters. The van der Waals surface area contributed by atoms with Crippen LogP contribution in [0.2, 0.25) is 0 Å². The number of thiophene rings is 1. The molecule has 0 saturated heterocycles. The molecule has 2 heterocycles. The maximum Gasteiger partial charge on any atom is 0.198 e. The minimum absolute atomic E-state index is 0.778. The predicted molar refractivity (Wildman–Crippen MR) is 277 cm³/mol. The third kappa shape index (κ3) is 6.86. The van der Waals surface area contributed by atoms with Crippen LogP contribution >= 0.6 is 11.3 Å². The van der Waals surface area contributed by atoms with E-state index in [9.17, 15) is 0 Å². The van der Waals surface area contributed by atoms with E-state index in [1.807, 2.05) is 11.3 Å². The average molecular weight is 833 g/mol. The van der Waals surface area contributed by atoms with Gasteiger partial charge in [0.1, 0.15) is 0 Å². The van der Waals surface area contributed by atoms with Gasteiger partial charge in [-0.2, -0.15) is 0 Å². The van der Waals surface area contributed by atoms with E-state index in [0.29, 0.717) is 0 Å². The summed E-state index contributed by atoms with van der Waals surface area (Å²) in [6.45, 7) is 0. The molecule has 300 valence electrons. The van der Waals surface area contributed by atoms with Crippen molar-refractivity contribution in [2.45, 2.75) is 0 Å². The summed E-state index contributed by atoms with van der Waals surface area (Å²) >= 11 is 1.88. The van der Waals surface area contributed by atoms with Crippen LogP contribution in [0.3, 0.4) is 0 Å². The lowest BCUT2D eigenvalue weighted by Gasteiger charge is -2.35. The number of nitrogens with zero attached hydrogens (tertiary/aromatic N) is 1. The van der Waals surface area contributed by atoms with Crippen LogP contribution in [0.15, 0.2) is 237 Å². The zero-order valence-corrected chi connectivity index (χ0v) is 35.9. The second kappa shape index (κ2) is 16.1. The Kier molecular flexibility index (Phi) is 9.50. The molecular weight excluding hydrogens is 792 g/mol. The first-order valence-electron chi connectivity index (χ1n) is 22.0. The molecule has 10 aromatic carbocycles. The summed E-state index contributed by atoms with van der Waals surface area (Å²) in [5.74, 6) is 0. The summed E-state index contributed by atoms with van der Waals surface area (Å²) in [6.07, 6.45) is 0. The van der Waals surface area contributed by atoms with Crippen molar-refractivity contribution in [3.63, 3.8) is 0 Å². The molecule has 12 rings (SSSR count). The van der Waals surface area contributed by atoms with Crippen LogP contribution in [0, 0.1) is 0 Å². The fraction of sp³-hybridized carbons (Fsp3) is 0. The van der Waals surface area contributed by atoms with Crippen LogP contribution in [0.1, 0.15) is 0 Å². The van der Waals surface area contributed by atoms with Gasteiger partial charge in [0.15, 0.2) is 7.28 Å². The summed E-state index contributed by atoms with van der Waals surface area (Å²) in [4.78, 5) is 2.52. The van der Waals surface area contributed by atoms with Crippen LogP contribution in [0.5, 0.6) is 0 Å². The molecule has 1 aliphatic rings. The van der Waals surface area contributed by atoms with Crippen molar-refractivity contribution in [3.05, 3.63) is 237 Å². The SMILES string of the molecule is B1c2cc(-c3ccccc3)ccc2N(c2ccc(-c3ccccc3)cc2)c2cc3sc4ccccc4c3c(-c3cc(-c4ccccc4)ccc3Nc3ccc(-c4ccccc4)cc3)c21. The third-order valence-corrected chi connectivity index (χ3v) is 13.8. The number of rotatable bonds is 8. The Bertz CT molecular complexity index is 3460. The monoisotopic (exact) mass is 832 g/mol. The van der Waals surface area contributed by atoms with Gasteiger partial charge in [0.25, 0.3) is 0 Å². The van der Waals surface area contributed by atoms with Gasteiger partial charge in [-0.15, -0.1) is 11.3 Å². The van der Waals surface area contributed by atoms with Crippen molar-refractivity contribution in [2.24, 2.45) is 0 Å². The Morgan fingerprint density at radius 3 is 1.52 bits per heavy atom. The van der Waals surface area contributed by atoms with E-state index in [2.05, 4.69) is 247 Å². The quantitative estimate of drug-likeness (QED) is 0.153. The molecule has 0 unspecified atom stereocenters. The van der Waals surface area contributed by atoms with Crippen LogP contribution < -0.4 is 21.1 Å². The summed E-state index contributed by atoms with van der Waals surface area (Å²) in [7, 11) is 0.778. The number of hydrogen-bond donors (Lipinski definition) is 1. The number of anilines is 5. The van der Waals surface area contributed by atoms with Gasteiger partial charge in [-0.1, -0.05) is 187 Å². The largest absolute Gasteiger partial charge is 0.355 e. The van der Waals surface area contributed by atoms with Crippen molar-refractivity contribution in [1.29, 1.82) is 0 Å². The standard InChI is InChI=1S/C60H41BN2S/c1-5-15-40(16-6-1)44-25-31-48(32-26-44)62-53-35-29-46(42-19-9-3-10-20-42)37-51(53)59-58-50-23-13-14-24-56(50)64-57(58)39-55-60(59)61-52-38-47(43-21-11-4-12-22-43)30-36-54(52)63(55)49-33-27-45(28-34-49)41-17-7-2-8-18-41/h1-39,61-62H. The Morgan fingerprint density at radius 2 is 0.891 bits per heavy atom. The molecule has 1 aromatic heterocycles. The van der Waals surface area contributed by atoms with Gasteiger partial charge in [0.05, 0.1) is 0 Å². The van der Waals surface area contributed by atoms with E-state index in [1.165, 1.54) is 98.1 Å². The second-order valence-electron chi connectivity index (χ2n) is 16.5. The molecule has 4 heteroatoms. The molecule has 0 saturated carbocycles. The molecule has 0 spiro atoms.